The highest BCUT2D eigenvalue weighted by Gasteiger charge is 2.25. The summed E-state index contributed by atoms with van der Waals surface area (Å²) in [5.41, 5.74) is 3.27. The van der Waals surface area contributed by atoms with Crippen molar-refractivity contribution in [3.05, 3.63) is 59.2 Å². The lowest BCUT2D eigenvalue weighted by Crippen LogP contribution is -2.44. The molecule has 2 aromatic rings. The first-order chi connectivity index (χ1) is 14.8. The van der Waals surface area contributed by atoms with E-state index in [-0.39, 0.29) is 16.7 Å². The van der Waals surface area contributed by atoms with Crippen molar-refractivity contribution < 1.29 is 17.9 Å². The summed E-state index contributed by atoms with van der Waals surface area (Å²) >= 11 is 0. The quantitative estimate of drug-likeness (QED) is 0.675. The zero-order valence-corrected chi connectivity index (χ0v) is 19.4. The summed E-state index contributed by atoms with van der Waals surface area (Å²) in [5.74, 6) is 0.976. The van der Waals surface area contributed by atoms with Crippen LogP contribution in [-0.4, -0.2) is 45.5 Å². The van der Waals surface area contributed by atoms with Gasteiger partial charge in [0.2, 0.25) is 15.9 Å². The van der Waals surface area contributed by atoms with Crippen LogP contribution in [0.2, 0.25) is 0 Å². The molecule has 1 N–H and O–H groups in total. The van der Waals surface area contributed by atoms with E-state index >= 15 is 0 Å². The maximum absolute atomic E-state index is 12.6. The minimum atomic E-state index is -3.54. The van der Waals surface area contributed by atoms with Gasteiger partial charge < -0.3 is 9.64 Å². The molecule has 1 heterocycles. The number of benzene rings is 2. The molecule has 0 aliphatic carbocycles. The lowest BCUT2D eigenvalue weighted by Gasteiger charge is -2.33. The molecule has 1 saturated heterocycles. The Morgan fingerprint density at radius 1 is 1.13 bits per heavy atom. The summed E-state index contributed by atoms with van der Waals surface area (Å²) in [7, 11) is -3.54. The molecule has 1 aliphatic rings. The molecule has 1 fully saturated rings. The monoisotopic (exact) mass is 444 g/mol. The second kappa shape index (κ2) is 10.3. The number of piperidine rings is 1. The van der Waals surface area contributed by atoms with E-state index in [4.69, 9.17) is 4.74 Å². The minimum Gasteiger partial charge on any atom is -0.493 e. The van der Waals surface area contributed by atoms with Crippen LogP contribution < -0.4 is 9.46 Å². The molecule has 168 valence electrons. The molecule has 3 rings (SSSR count). The third-order valence-electron chi connectivity index (χ3n) is 5.89. The average molecular weight is 445 g/mol. The van der Waals surface area contributed by atoms with E-state index in [9.17, 15) is 13.2 Å². The fourth-order valence-electron chi connectivity index (χ4n) is 3.77. The number of hydrogen-bond acceptors (Lipinski definition) is 4. The molecule has 2 aromatic carbocycles. The highest BCUT2D eigenvalue weighted by Crippen LogP contribution is 2.21. The molecule has 31 heavy (non-hydrogen) atoms. The normalized spacial score (nSPS) is 16.9. The Labute approximate surface area is 185 Å². The Hall–Kier alpha value is -2.38. The predicted octanol–water partition coefficient (Wildman–Crippen LogP) is 3.60. The van der Waals surface area contributed by atoms with Gasteiger partial charge in [-0.05, 0) is 68.9 Å². The first-order valence-electron chi connectivity index (χ1n) is 10.8. The number of sulfonamides is 1. The molecule has 1 amide bonds. The lowest BCUT2D eigenvalue weighted by atomic mass is 9.98. The largest absolute Gasteiger partial charge is 0.493 e. The van der Waals surface area contributed by atoms with Crippen molar-refractivity contribution in [2.45, 2.75) is 44.9 Å². The van der Waals surface area contributed by atoms with Gasteiger partial charge in [-0.2, -0.15) is 0 Å². The Morgan fingerprint density at radius 2 is 1.87 bits per heavy atom. The number of likely N-dealkylation sites (tertiary alicyclic amines) is 1. The molecule has 0 aromatic heterocycles. The standard InChI is InChI=1S/C24H32N2O4S/c1-18-9-11-22(12-10-18)31(28,29)25-16-21-7-5-14-26(17-21)24(27)13-15-30-23-8-4-6-19(2)20(23)3/h4,6,8-12,21,25H,5,7,13-17H2,1-3H3. The average Bonchev–Trinajstić information content (AvgIpc) is 2.76. The zero-order chi connectivity index (χ0) is 22.4. The summed E-state index contributed by atoms with van der Waals surface area (Å²) in [6.45, 7) is 7.92. The molecule has 1 aliphatic heterocycles. The van der Waals surface area contributed by atoms with Gasteiger partial charge in [-0.25, -0.2) is 13.1 Å². The van der Waals surface area contributed by atoms with Gasteiger partial charge in [0, 0.05) is 19.6 Å². The van der Waals surface area contributed by atoms with E-state index < -0.39 is 10.0 Å². The maximum Gasteiger partial charge on any atom is 0.240 e. The van der Waals surface area contributed by atoms with E-state index in [1.807, 2.05) is 43.9 Å². The first-order valence-corrected chi connectivity index (χ1v) is 12.3. The smallest absolute Gasteiger partial charge is 0.240 e. The van der Waals surface area contributed by atoms with Crippen LogP contribution in [0.3, 0.4) is 0 Å². The number of nitrogens with zero attached hydrogens (tertiary/aromatic N) is 1. The predicted molar refractivity (Wildman–Crippen MR) is 122 cm³/mol. The fraction of sp³-hybridized carbons (Fsp3) is 0.458. The van der Waals surface area contributed by atoms with Crippen molar-refractivity contribution in [1.82, 2.24) is 9.62 Å². The molecule has 0 radical (unpaired) electrons. The molecule has 6 nitrogen and oxygen atoms in total. The Bertz CT molecular complexity index is 1000. The number of aryl methyl sites for hydroxylation is 2. The third kappa shape index (κ3) is 6.31. The Morgan fingerprint density at radius 3 is 2.61 bits per heavy atom. The number of carbonyl (C=O) groups is 1. The molecular formula is C24H32N2O4S. The van der Waals surface area contributed by atoms with Crippen LogP contribution >= 0.6 is 0 Å². The van der Waals surface area contributed by atoms with Crippen LogP contribution in [0.1, 0.15) is 36.0 Å². The van der Waals surface area contributed by atoms with E-state index in [0.717, 1.165) is 35.3 Å². The van der Waals surface area contributed by atoms with Crippen molar-refractivity contribution in [1.29, 1.82) is 0 Å². The van der Waals surface area contributed by atoms with Crippen molar-refractivity contribution >= 4 is 15.9 Å². The van der Waals surface area contributed by atoms with Gasteiger partial charge in [0.15, 0.2) is 0 Å². The highest BCUT2D eigenvalue weighted by molar-refractivity contribution is 7.89. The number of nitrogens with one attached hydrogen (secondary N) is 1. The van der Waals surface area contributed by atoms with Crippen molar-refractivity contribution in [2.24, 2.45) is 5.92 Å². The third-order valence-corrected chi connectivity index (χ3v) is 7.33. The molecular weight excluding hydrogens is 412 g/mol. The molecule has 1 atom stereocenters. The van der Waals surface area contributed by atoms with Gasteiger partial charge in [0.25, 0.3) is 0 Å². The van der Waals surface area contributed by atoms with Gasteiger partial charge in [0.05, 0.1) is 17.9 Å². The van der Waals surface area contributed by atoms with Crippen molar-refractivity contribution in [2.75, 3.05) is 26.2 Å². The highest BCUT2D eigenvalue weighted by atomic mass is 32.2. The summed E-state index contributed by atoms with van der Waals surface area (Å²) in [5, 5.41) is 0. The fourth-order valence-corrected chi connectivity index (χ4v) is 4.89. The number of amides is 1. The molecule has 1 unspecified atom stereocenters. The zero-order valence-electron chi connectivity index (χ0n) is 18.6. The van der Waals surface area contributed by atoms with Crippen LogP contribution in [-0.2, 0) is 14.8 Å². The second-order valence-electron chi connectivity index (χ2n) is 8.31. The number of rotatable bonds is 8. The van der Waals surface area contributed by atoms with Gasteiger partial charge >= 0.3 is 0 Å². The lowest BCUT2D eigenvalue weighted by molar-refractivity contribution is -0.133. The van der Waals surface area contributed by atoms with Crippen LogP contribution in [0.4, 0.5) is 0 Å². The first kappa shape index (κ1) is 23.3. The van der Waals surface area contributed by atoms with E-state index in [1.165, 1.54) is 0 Å². The van der Waals surface area contributed by atoms with Gasteiger partial charge in [-0.15, -0.1) is 0 Å². The van der Waals surface area contributed by atoms with Crippen LogP contribution in [0.5, 0.6) is 5.75 Å². The Kier molecular flexibility index (Phi) is 7.73. The van der Waals surface area contributed by atoms with Gasteiger partial charge in [-0.1, -0.05) is 29.8 Å². The number of carbonyl (C=O) groups excluding carboxylic acids is 1. The van der Waals surface area contributed by atoms with E-state index in [0.29, 0.717) is 32.7 Å². The minimum absolute atomic E-state index is 0.0522. The maximum atomic E-state index is 12.6. The van der Waals surface area contributed by atoms with Gasteiger partial charge in [0.1, 0.15) is 5.75 Å². The number of hydrogen-bond donors (Lipinski definition) is 1. The number of ether oxygens (including phenoxy) is 1. The summed E-state index contributed by atoms with van der Waals surface area (Å²) in [6, 6.07) is 12.7. The van der Waals surface area contributed by atoms with Crippen molar-refractivity contribution in [3.8, 4) is 5.75 Å². The van der Waals surface area contributed by atoms with Crippen LogP contribution in [0, 0.1) is 26.7 Å². The van der Waals surface area contributed by atoms with Crippen LogP contribution in [0.25, 0.3) is 0 Å². The SMILES string of the molecule is Cc1ccc(S(=O)(=O)NCC2CCCN(C(=O)CCOc3cccc(C)c3C)C2)cc1. The topological polar surface area (TPSA) is 75.7 Å². The summed E-state index contributed by atoms with van der Waals surface area (Å²) in [6.07, 6.45) is 2.09. The molecule has 0 bridgehead atoms. The molecule has 7 heteroatoms. The second-order valence-corrected chi connectivity index (χ2v) is 10.1. The summed E-state index contributed by atoms with van der Waals surface area (Å²) in [4.78, 5) is 14.8. The van der Waals surface area contributed by atoms with E-state index in [2.05, 4.69) is 4.72 Å². The molecule has 0 saturated carbocycles. The van der Waals surface area contributed by atoms with E-state index in [1.54, 1.807) is 24.3 Å². The summed E-state index contributed by atoms with van der Waals surface area (Å²) < 4.78 is 33.6. The van der Waals surface area contributed by atoms with Gasteiger partial charge in [-0.3, -0.25) is 4.79 Å². The van der Waals surface area contributed by atoms with Crippen LogP contribution in [0.15, 0.2) is 47.4 Å². The Balaban J connectivity index is 1.47. The van der Waals surface area contributed by atoms with Crippen molar-refractivity contribution in [3.63, 3.8) is 0 Å². The molecule has 0 spiro atoms.